The lowest BCUT2D eigenvalue weighted by molar-refractivity contribution is -0.145. The van der Waals surface area contributed by atoms with Gasteiger partial charge in [-0.2, -0.15) is 0 Å². The van der Waals surface area contributed by atoms with Gasteiger partial charge >= 0.3 is 5.97 Å². The van der Waals surface area contributed by atoms with E-state index in [1.165, 1.54) is 7.11 Å². The normalized spacial score (nSPS) is 27.5. The molecule has 2 aliphatic heterocycles. The fourth-order valence-electron chi connectivity index (χ4n) is 2.72. The molecule has 2 aliphatic rings. The minimum atomic E-state index is -0.257. The molecule has 0 spiro atoms. The second-order valence-electron chi connectivity index (χ2n) is 5.00. The minimum Gasteiger partial charge on any atom is -0.469 e. The third-order valence-corrected chi connectivity index (χ3v) is 3.82. The first-order valence-corrected chi connectivity index (χ1v) is 6.17. The van der Waals surface area contributed by atoms with E-state index in [0.29, 0.717) is 19.0 Å². The van der Waals surface area contributed by atoms with Crippen LogP contribution in [0.4, 0.5) is 0 Å². The lowest BCUT2D eigenvalue weighted by Gasteiger charge is -2.35. The van der Waals surface area contributed by atoms with Crippen molar-refractivity contribution in [2.24, 2.45) is 5.92 Å². The molecule has 2 rings (SSSR count). The van der Waals surface area contributed by atoms with Crippen molar-refractivity contribution in [3.8, 4) is 0 Å². The molecule has 5 heteroatoms. The molecule has 0 aliphatic carbocycles. The molecule has 2 saturated heterocycles. The van der Waals surface area contributed by atoms with E-state index in [9.17, 15) is 9.59 Å². The fraction of sp³-hybridized carbons (Fsp3) is 0.833. The van der Waals surface area contributed by atoms with Gasteiger partial charge in [0.1, 0.15) is 0 Å². The molecule has 5 nitrogen and oxygen atoms in total. The third kappa shape index (κ3) is 2.60. The molecule has 1 unspecified atom stereocenters. The highest BCUT2D eigenvalue weighted by Crippen LogP contribution is 2.25. The van der Waals surface area contributed by atoms with Crippen LogP contribution in [0.1, 0.15) is 19.3 Å². The Morgan fingerprint density at radius 3 is 2.59 bits per heavy atom. The standard InChI is InChI=1S/C12H20N2O3/c1-13-5-3-10(4-6-13)14-8-9(7-11(14)15)12(16)17-2/h9-10H,3-8H2,1-2H3. The van der Waals surface area contributed by atoms with Crippen molar-refractivity contribution in [3.05, 3.63) is 0 Å². The zero-order valence-corrected chi connectivity index (χ0v) is 10.5. The number of esters is 1. The largest absolute Gasteiger partial charge is 0.469 e. The van der Waals surface area contributed by atoms with Gasteiger partial charge in [-0.05, 0) is 33.0 Å². The van der Waals surface area contributed by atoms with Gasteiger partial charge < -0.3 is 14.5 Å². The number of carbonyl (C=O) groups excluding carboxylic acids is 2. The van der Waals surface area contributed by atoms with Gasteiger partial charge in [0.15, 0.2) is 0 Å². The molecular formula is C12H20N2O3. The second-order valence-corrected chi connectivity index (χ2v) is 5.00. The van der Waals surface area contributed by atoms with Crippen LogP contribution in [0, 0.1) is 5.92 Å². The monoisotopic (exact) mass is 240 g/mol. The molecule has 0 aromatic heterocycles. The molecule has 0 aromatic carbocycles. The molecule has 0 bridgehead atoms. The molecule has 96 valence electrons. The summed E-state index contributed by atoms with van der Waals surface area (Å²) in [4.78, 5) is 27.5. The van der Waals surface area contributed by atoms with E-state index < -0.39 is 0 Å². The molecule has 2 fully saturated rings. The van der Waals surface area contributed by atoms with Crippen LogP contribution < -0.4 is 0 Å². The predicted molar refractivity (Wildman–Crippen MR) is 62.4 cm³/mol. The van der Waals surface area contributed by atoms with Crippen molar-refractivity contribution in [2.45, 2.75) is 25.3 Å². The van der Waals surface area contributed by atoms with Gasteiger partial charge in [-0.3, -0.25) is 9.59 Å². The molecule has 0 saturated carbocycles. The smallest absolute Gasteiger partial charge is 0.310 e. The summed E-state index contributed by atoms with van der Waals surface area (Å²) in [5, 5.41) is 0. The SMILES string of the molecule is COC(=O)C1CC(=O)N(C2CCN(C)CC2)C1. The highest BCUT2D eigenvalue weighted by Gasteiger charge is 2.38. The number of ether oxygens (including phenoxy) is 1. The van der Waals surface area contributed by atoms with Crippen molar-refractivity contribution in [2.75, 3.05) is 33.8 Å². The minimum absolute atomic E-state index is 0.106. The Morgan fingerprint density at radius 1 is 1.35 bits per heavy atom. The van der Waals surface area contributed by atoms with Crippen LogP contribution in [0.5, 0.6) is 0 Å². The molecule has 0 aromatic rings. The van der Waals surface area contributed by atoms with Crippen molar-refractivity contribution >= 4 is 11.9 Å². The van der Waals surface area contributed by atoms with Crippen molar-refractivity contribution in [1.82, 2.24) is 9.80 Å². The van der Waals surface area contributed by atoms with Crippen LogP contribution in [0.3, 0.4) is 0 Å². The number of carbonyl (C=O) groups is 2. The van der Waals surface area contributed by atoms with Gasteiger partial charge in [0.05, 0.1) is 13.0 Å². The van der Waals surface area contributed by atoms with E-state index in [0.717, 1.165) is 25.9 Å². The topological polar surface area (TPSA) is 49.9 Å². The zero-order valence-electron chi connectivity index (χ0n) is 10.5. The summed E-state index contributed by atoms with van der Waals surface area (Å²) >= 11 is 0. The average Bonchev–Trinajstić information content (AvgIpc) is 2.71. The van der Waals surface area contributed by atoms with Crippen LogP contribution in [-0.4, -0.2) is 61.5 Å². The predicted octanol–water partition coefficient (Wildman–Crippen LogP) is 0.102. The van der Waals surface area contributed by atoms with Crippen LogP contribution >= 0.6 is 0 Å². The number of hydrogen-bond donors (Lipinski definition) is 0. The van der Waals surface area contributed by atoms with Gasteiger partial charge in [-0.25, -0.2) is 0 Å². The Morgan fingerprint density at radius 2 is 2.00 bits per heavy atom. The van der Waals surface area contributed by atoms with E-state index in [4.69, 9.17) is 4.74 Å². The summed E-state index contributed by atoms with van der Waals surface area (Å²) in [6.07, 6.45) is 2.34. The highest BCUT2D eigenvalue weighted by atomic mass is 16.5. The van der Waals surface area contributed by atoms with Crippen molar-refractivity contribution in [1.29, 1.82) is 0 Å². The first kappa shape index (κ1) is 12.4. The van der Waals surface area contributed by atoms with Gasteiger partial charge in [0.2, 0.25) is 5.91 Å². The summed E-state index contributed by atoms with van der Waals surface area (Å²) in [7, 11) is 3.48. The highest BCUT2D eigenvalue weighted by molar-refractivity contribution is 5.87. The van der Waals surface area contributed by atoms with E-state index in [1.807, 2.05) is 4.90 Å². The van der Waals surface area contributed by atoms with Gasteiger partial charge in [0, 0.05) is 19.0 Å². The summed E-state index contributed by atoms with van der Waals surface area (Å²) in [6.45, 7) is 2.59. The third-order valence-electron chi connectivity index (χ3n) is 3.82. The molecule has 1 atom stereocenters. The van der Waals surface area contributed by atoms with E-state index in [2.05, 4.69) is 11.9 Å². The summed E-state index contributed by atoms with van der Waals surface area (Å²) in [5.41, 5.74) is 0. The van der Waals surface area contributed by atoms with Gasteiger partial charge in [-0.15, -0.1) is 0 Å². The van der Waals surface area contributed by atoms with Crippen LogP contribution in [0.25, 0.3) is 0 Å². The Hall–Kier alpha value is -1.10. The number of piperidine rings is 1. The Balaban J connectivity index is 1.94. The quantitative estimate of drug-likeness (QED) is 0.642. The number of hydrogen-bond acceptors (Lipinski definition) is 4. The van der Waals surface area contributed by atoms with E-state index in [1.54, 1.807) is 0 Å². The number of rotatable bonds is 2. The Bertz CT molecular complexity index is 311. The molecule has 2 heterocycles. The number of likely N-dealkylation sites (tertiary alicyclic amines) is 2. The maximum atomic E-state index is 11.9. The number of methoxy groups -OCH3 is 1. The van der Waals surface area contributed by atoms with E-state index in [-0.39, 0.29) is 17.8 Å². The zero-order chi connectivity index (χ0) is 12.4. The second kappa shape index (κ2) is 5.04. The lowest BCUT2D eigenvalue weighted by Crippen LogP contribution is -2.44. The lowest BCUT2D eigenvalue weighted by atomic mass is 10.0. The summed E-state index contributed by atoms with van der Waals surface area (Å²) in [5.74, 6) is -0.407. The number of amides is 1. The molecular weight excluding hydrogens is 220 g/mol. The van der Waals surface area contributed by atoms with Crippen molar-refractivity contribution < 1.29 is 14.3 Å². The van der Waals surface area contributed by atoms with Crippen LogP contribution in [0.2, 0.25) is 0 Å². The fourth-order valence-corrected chi connectivity index (χ4v) is 2.72. The van der Waals surface area contributed by atoms with Crippen molar-refractivity contribution in [3.63, 3.8) is 0 Å². The van der Waals surface area contributed by atoms with Crippen LogP contribution in [-0.2, 0) is 14.3 Å². The first-order valence-electron chi connectivity index (χ1n) is 6.17. The average molecular weight is 240 g/mol. The Kier molecular flexibility index (Phi) is 3.66. The maximum absolute atomic E-state index is 11.9. The molecule has 0 N–H and O–H groups in total. The summed E-state index contributed by atoms with van der Waals surface area (Å²) < 4.78 is 4.71. The van der Waals surface area contributed by atoms with Gasteiger partial charge in [0.25, 0.3) is 0 Å². The summed E-state index contributed by atoms with van der Waals surface area (Å²) in [6, 6.07) is 0.313. The maximum Gasteiger partial charge on any atom is 0.310 e. The van der Waals surface area contributed by atoms with Gasteiger partial charge in [-0.1, -0.05) is 0 Å². The first-order chi connectivity index (χ1) is 8.11. The van der Waals surface area contributed by atoms with Crippen LogP contribution in [0.15, 0.2) is 0 Å². The van der Waals surface area contributed by atoms with E-state index >= 15 is 0 Å². The molecule has 17 heavy (non-hydrogen) atoms. The number of nitrogens with zero attached hydrogens (tertiary/aromatic N) is 2. The molecule has 1 amide bonds. The molecule has 0 radical (unpaired) electrons. The Labute approximate surface area is 102 Å².